The second-order valence-corrected chi connectivity index (χ2v) is 4.26. The van der Waals surface area contributed by atoms with Gasteiger partial charge in [0.2, 0.25) is 0 Å². The summed E-state index contributed by atoms with van der Waals surface area (Å²) >= 11 is 0. The maximum absolute atomic E-state index is 9.82. The number of aliphatic hydroxyl groups excluding tert-OH is 1. The molecule has 1 aromatic rings. The van der Waals surface area contributed by atoms with Crippen LogP contribution < -0.4 is 5.32 Å². The molecule has 0 bridgehead atoms. The first kappa shape index (κ1) is 10.6. The minimum atomic E-state index is -0.432. The van der Waals surface area contributed by atoms with Crippen molar-refractivity contribution >= 4 is 0 Å². The van der Waals surface area contributed by atoms with Gasteiger partial charge >= 0.3 is 0 Å². The summed E-state index contributed by atoms with van der Waals surface area (Å²) in [6.45, 7) is 1.67. The number of pyridine rings is 1. The summed E-state index contributed by atoms with van der Waals surface area (Å²) < 4.78 is 0. The normalized spacial score (nSPS) is 18.5. The Labute approximate surface area is 90.5 Å². The van der Waals surface area contributed by atoms with Crippen LogP contribution in [0.1, 0.15) is 30.9 Å². The zero-order valence-electron chi connectivity index (χ0n) is 8.89. The molecule has 15 heavy (non-hydrogen) atoms. The molecule has 0 aromatic carbocycles. The third-order valence-corrected chi connectivity index (χ3v) is 3.06. The first-order valence-electron chi connectivity index (χ1n) is 5.65. The second kappa shape index (κ2) is 5.24. The summed E-state index contributed by atoms with van der Waals surface area (Å²) in [6, 6.07) is 3.76. The zero-order valence-corrected chi connectivity index (χ0v) is 8.89. The highest BCUT2D eigenvalue weighted by Gasteiger charge is 2.17. The van der Waals surface area contributed by atoms with Gasteiger partial charge < -0.3 is 10.4 Å². The Morgan fingerprint density at radius 3 is 3.00 bits per heavy atom. The lowest BCUT2D eigenvalue weighted by Crippen LogP contribution is -2.30. The van der Waals surface area contributed by atoms with Crippen LogP contribution in [0.25, 0.3) is 0 Å². The fourth-order valence-electron chi connectivity index (χ4n) is 1.81. The molecule has 0 radical (unpaired) electrons. The van der Waals surface area contributed by atoms with E-state index in [-0.39, 0.29) is 0 Å². The van der Waals surface area contributed by atoms with Gasteiger partial charge in [-0.05, 0) is 31.4 Å². The van der Waals surface area contributed by atoms with Crippen molar-refractivity contribution in [2.45, 2.75) is 25.4 Å². The van der Waals surface area contributed by atoms with Gasteiger partial charge in [-0.15, -0.1) is 0 Å². The van der Waals surface area contributed by atoms with Gasteiger partial charge in [0, 0.05) is 24.5 Å². The van der Waals surface area contributed by atoms with E-state index >= 15 is 0 Å². The number of nitrogens with one attached hydrogen (secondary N) is 1. The summed E-state index contributed by atoms with van der Waals surface area (Å²) in [5.41, 5.74) is 0.888. The predicted molar refractivity (Wildman–Crippen MR) is 59.4 cm³/mol. The summed E-state index contributed by atoms with van der Waals surface area (Å²) in [5.74, 6) is 0.839. The summed E-state index contributed by atoms with van der Waals surface area (Å²) in [6.07, 6.45) is 7.07. The first-order valence-corrected chi connectivity index (χ1v) is 5.65. The second-order valence-electron chi connectivity index (χ2n) is 4.26. The van der Waals surface area contributed by atoms with E-state index in [1.54, 1.807) is 12.4 Å². The van der Waals surface area contributed by atoms with Gasteiger partial charge in [-0.25, -0.2) is 0 Å². The standard InChI is InChI=1S/C12H18N2O/c15-12(11-5-2-6-13-8-11)9-14-7-10-3-1-4-10/h2,5-6,8,10,12,14-15H,1,3-4,7,9H2. The lowest BCUT2D eigenvalue weighted by Gasteiger charge is -2.26. The van der Waals surface area contributed by atoms with Crippen LogP contribution in [0, 0.1) is 5.92 Å². The van der Waals surface area contributed by atoms with Crippen LogP contribution in [0.15, 0.2) is 24.5 Å². The van der Waals surface area contributed by atoms with Crippen LogP contribution in [-0.2, 0) is 0 Å². The highest BCUT2D eigenvalue weighted by molar-refractivity contribution is 5.11. The SMILES string of the molecule is OC(CNCC1CCC1)c1cccnc1. The molecule has 1 aliphatic carbocycles. The minimum absolute atomic E-state index is 0.432. The fourth-order valence-corrected chi connectivity index (χ4v) is 1.81. The molecule has 1 saturated carbocycles. The summed E-state index contributed by atoms with van der Waals surface area (Å²) in [5, 5.41) is 13.1. The molecule has 2 N–H and O–H groups in total. The van der Waals surface area contributed by atoms with Crippen molar-refractivity contribution in [3.8, 4) is 0 Å². The summed E-state index contributed by atoms with van der Waals surface area (Å²) in [4.78, 5) is 3.99. The van der Waals surface area contributed by atoms with Crippen LogP contribution in [0.4, 0.5) is 0 Å². The quantitative estimate of drug-likeness (QED) is 0.767. The number of hydrogen-bond acceptors (Lipinski definition) is 3. The Kier molecular flexibility index (Phi) is 3.69. The maximum Gasteiger partial charge on any atom is 0.0929 e. The number of aromatic nitrogens is 1. The molecule has 1 unspecified atom stereocenters. The van der Waals surface area contributed by atoms with Gasteiger partial charge in [-0.1, -0.05) is 12.5 Å². The Morgan fingerprint density at radius 2 is 2.40 bits per heavy atom. The summed E-state index contributed by atoms with van der Waals surface area (Å²) in [7, 11) is 0. The third kappa shape index (κ3) is 3.01. The van der Waals surface area contributed by atoms with Gasteiger partial charge in [-0.3, -0.25) is 4.98 Å². The fraction of sp³-hybridized carbons (Fsp3) is 0.583. The average molecular weight is 206 g/mol. The highest BCUT2D eigenvalue weighted by Crippen LogP contribution is 2.25. The molecule has 0 spiro atoms. The van der Waals surface area contributed by atoms with Crippen LogP contribution >= 0.6 is 0 Å². The smallest absolute Gasteiger partial charge is 0.0929 e. The third-order valence-electron chi connectivity index (χ3n) is 3.06. The largest absolute Gasteiger partial charge is 0.387 e. The average Bonchev–Trinajstić information content (AvgIpc) is 2.23. The Hall–Kier alpha value is -0.930. The molecule has 1 fully saturated rings. The number of nitrogens with zero attached hydrogens (tertiary/aromatic N) is 1. The molecule has 3 nitrogen and oxygen atoms in total. The molecule has 1 atom stereocenters. The van der Waals surface area contributed by atoms with Crippen LogP contribution in [-0.4, -0.2) is 23.2 Å². The lowest BCUT2D eigenvalue weighted by molar-refractivity contribution is 0.168. The van der Waals surface area contributed by atoms with E-state index in [0.717, 1.165) is 18.0 Å². The highest BCUT2D eigenvalue weighted by atomic mass is 16.3. The predicted octanol–water partition coefficient (Wildman–Crippen LogP) is 1.50. The molecule has 82 valence electrons. The van der Waals surface area contributed by atoms with Crippen LogP contribution in [0.5, 0.6) is 0 Å². The number of rotatable bonds is 5. The first-order chi connectivity index (χ1) is 7.36. The van der Waals surface area contributed by atoms with Gasteiger partial charge in [0.15, 0.2) is 0 Å². The molecule has 1 aromatic heterocycles. The van der Waals surface area contributed by atoms with Gasteiger partial charge in [0.25, 0.3) is 0 Å². The molecule has 1 heterocycles. The van der Waals surface area contributed by atoms with E-state index in [0.29, 0.717) is 6.54 Å². The van der Waals surface area contributed by atoms with E-state index in [4.69, 9.17) is 0 Å². The molecule has 0 amide bonds. The molecular weight excluding hydrogens is 188 g/mol. The van der Waals surface area contributed by atoms with E-state index < -0.39 is 6.10 Å². The zero-order chi connectivity index (χ0) is 10.5. The van der Waals surface area contributed by atoms with E-state index in [2.05, 4.69) is 10.3 Å². The topological polar surface area (TPSA) is 45.1 Å². The van der Waals surface area contributed by atoms with Crippen LogP contribution in [0.2, 0.25) is 0 Å². The maximum atomic E-state index is 9.82. The van der Waals surface area contributed by atoms with Crippen LogP contribution in [0.3, 0.4) is 0 Å². The van der Waals surface area contributed by atoms with Crippen molar-refractivity contribution in [1.82, 2.24) is 10.3 Å². The van der Waals surface area contributed by atoms with Crippen molar-refractivity contribution in [1.29, 1.82) is 0 Å². The number of hydrogen-bond donors (Lipinski definition) is 2. The van der Waals surface area contributed by atoms with E-state index in [9.17, 15) is 5.11 Å². The number of aliphatic hydroxyl groups is 1. The molecule has 0 saturated heterocycles. The molecule has 2 rings (SSSR count). The molecule has 0 aliphatic heterocycles. The molecule has 3 heteroatoms. The van der Waals surface area contributed by atoms with Gasteiger partial charge in [0.1, 0.15) is 0 Å². The van der Waals surface area contributed by atoms with Gasteiger partial charge in [-0.2, -0.15) is 0 Å². The Balaban J connectivity index is 1.70. The Morgan fingerprint density at radius 1 is 1.53 bits per heavy atom. The molecule has 1 aliphatic rings. The van der Waals surface area contributed by atoms with Crippen molar-refractivity contribution in [2.24, 2.45) is 5.92 Å². The van der Waals surface area contributed by atoms with E-state index in [1.807, 2.05) is 12.1 Å². The monoisotopic (exact) mass is 206 g/mol. The lowest BCUT2D eigenvalue weighted by atomic mass is 9.85. The van der Waals surface area contributed by atoms with Crippen molar-refractivity contribution in [3.63, 3.8) is 0 Å². The van der Waals surface area contributed by atoms with Crippen molar-refractivity contribution in [3.05, 3.63) is 30.1 Å². The van der Waals surface area contributed by atoms with E-state index in [1.165, 1.54) is 19.3 Å². The van der Waals surface area contributed by atoms with Crippen molar-refractivity contribution < 1.29 is 5.11 Å². The van der Waals surface area contributed by atoms with Crippen molar-refractivity contribution in [2.75, 3.05) is 13.1 Å². The minimum Gasteiger partial charge on any atom is -0.387 e. The molecular formula is C12H18N2O. The van der Waals surface area contributed by atoms with Gasteiger partial charge in [0.05, 0.1) is 6.10 Å². The Bertz CT molecular complexity index is 285.